The molecule has 2 aromatic rings. The number of nitrogens with one attached hydrogen (secondary N) is 1. The second kappa shape index (κ2) is 5.57. The van der Waals surface area contributed by atoms with Crippen molar-refractivity contribution < 1.29 is 17.9 Å². The average Bonchev–Trinajstić information content (AvgIpc) is 2.72. The summed E-state index contributed by atoms with van der Waals surface area (Å²) < 4.78 is 37.8. The lowest BCUT2D eigenvalue weighted by Gasteiger charge is -2.10. The summed E-state index contributed by atoms with van der Waals surface area (Å²) in [6.45, 7) is 1.04. The van der Waals surface area contributed by atoms with Crippen molar-refractivity contribution in [2.75, 3.05) is 17.9 Å². The van der Waals surface area contributed by atoms with Gasteiger partial charge in [-0.15, -0.1) is 0 Å². The Morgan fingerprint density at radius 2 is 1.76 bits per heavy atom. The van der Waals surface area contributed by atoms with Gasteiger partial charge in [-0.2, -0.15) is 0 Å². The number of nitrogens with zero attached hydrogens (tertiary/aromatic N) is 2. The van der Waals surface area contributed by atoms with Crippen LogP contribution < -0.4 is 14.2 Å². The third-order valence-corrected chi connectivity index (χ3v) is 4.15. The van der Waals surface area contributed by atoms with Crippen molar-refractivity contribution in [2.24, 2.45) is 0 Å². The normalized spacial score (nSPS) is 14.3. The van der Waals surface area contributed by atoms with E-state index in [9.17, 15) is 8.42 Å². The molecule has 0 bridgehead atoms. The molecule has 1 N–H and O–H groups in total. The molecule has 0 aliphatic carbocycles. The van der Waals surface area contributed by atoms with E-state index in [0.717, 1.165) is 6.42 Å². The highest BCUT2D eigenvalue weighted by atomic mass is 32.2. The van der Waals surface area contributed by atoms with Gasteiger partial charge < -0.3 is 9.47 Å². The van der Waals surface area contributed by atoms with Crippen molar-refractivity contribution in [2.45, 2.75) is 11.3 Å². The van der Waals surface area contributed by atoms with E-state index in [1.54, 1.807) is 12.1 Å². The molecule has 0 spiro atoms. The summed E-state index contributed by atoms with van der Waals surface area (Å²) in [4.78, 5) is 7.74. The van der Waals surface area contributed by atoms with Crippen molar-refractivity contribution in [1.29, 1.82) is 0 Å². The van der Waals surface area contributed by atoms with Gasteiger partial charge >= 0.3 is 0 Å². The van der Waals surface area contributed by atoms with Gasteiger partial charge in [0, 0.05) is 24.9 Å². The molecule has 0 saturated carbocycles. The molecule has 1 aliphatic heterocycles. The monoisotopic (exact) mass is 307 g/mol. The van der Waals surface area contributed by atoms with Crippen LogP contribution in [0.25, 0.3) is 0 Å². The van der Waals surface area contributed by atoms with Crippen LogP contribution in [0, 0.1) is 0 Å². The lowest BCUT2D eigenvalue weighted by molar-refractivity contribution is 0.297. The molecule has 0 radical (unpaired) electrons. The first kappa shape index (κ1) is 13.6. The summed E-state index contributed by atoms with van der Waals surface area (Å²) in [7, 11) is -3.77. The predicted molar refractivity (Wildman–Crippen MR) is 74.9 cm³/mol. The fraction of sp³-hybridized carbons (Fsp3) is 0.231. The second-order valence-corrected chi connectivity index (χ2v) is 6.02. The first-order valence-corrected chi connectivity index (χ1v) is 7.83. The highest BCUT2D eigenvalue weighted by Gasteiger charge is 2.19. The van der Waals surface area contributed by atoms with E-state index >= 15 is 0 Å². The van der Waals surface area contributed by atoms with Crippen LogP contribution in [0.4, 0.5) is 5.95 Å². The van der Waals surface area contributed by atoms with Crippen LogP contribution in [0.5, 0.6) is 11.5 Å². The van der Waals surface area contributed by atoms with Crippen molar-refractivity contribution in [1.82, 2.24) is 9.97 Å². The topological polar surface area (TPSA) is 90.4 Å². The molecule has 7 nitrogen and oxygen atoms in total. The Morgan fingerprint density at radius 1 is 1.05 bits per heavy atom. The Labute approximate surface area is 122 Å². The van der Waals surface area contributed by atoms with Crippen LogP contribution in [0.1, 0.15) is 6.42 Å². The Kier molecular flexibility index (Phi) is 3.61. The first-order valence-electron chi connectivity index (χ1n) is 6.35. The van der Waals surface area contributed by atoms with Gasteiger partial charge in [-0.05, 0) is 18.2 Å². The molecule has 0 amide bonds. The molecule has 0 atom stereocenters. The zero-order chi connectivity index (χ0) is 14.7. The standard InChI is InChI=1S/C13H13N3O4S/c17-21(18,16-13-14-5-1-6-15-13)10-3-4-11-12(9-10)20-8-2-7-19-11/h1,3-6,9H,2,7-8H2,(H,14,15,16). The maximum Gasteiger partial charge on any atom is 0.264 e. The van der Waals surface area contributed by atoms with Crippen molar-refractivity contribution in [3.63, 3.8) is 0 Å². The molecule has 0 unspecified atom stereocenters. The zero-order valence-electron chi connectivity index (χ0n) is 11.0. The minimum Gasteiger partial charge on any atom is -0.490 e. The van der Waals surface area contributed by atoms with Crippen molar-refractivity contribution in [3.8, 4) is 11.5 Å². The quantitative estimate of drug-likeness (QED) is 0.922. The van der Waals surface area contributed by atoms with Gasteiger partial charge in [-0.25, -0.2) is 23.1 Å². The van der Waals surface area contributed by atoms with Gasteiger partial charge in [0.15, 0.2) is 11.5 Å². The lowest BCUT2D eigenvalue weighted by Crippen LogP contribution is -2.15. The van der Waals surface area contributed by atoms with Gasteiger partial charge in [0.05, 0.1) is 18.1 Å². The first-order chi connectivity index (χ1) is 10.1. The van der Waals surface area contributed by atoms with E-state index in [-0.39, 0.29) is 10.8 Å². The Morgan fingerprint density at radius 3 is 2.52 bits per heavy atom. The van der Waals surface area contributed by atoms with Gasteiger partial charge in [-0.3, -0.25) is 0 Å². The minimum absolute atomic E-state index is 0.0182. The van der Waals surface area contributed by atoms with Crippen LogP contribution in [0.3, 0.4) is 0 Å². The van der Waals surface area contributed by atoms with E-state index in [1.807, 2.05) is 0 Å². The van der Waals surface area contributed by atoms with Gasteiger partial charge in [0.1, 0.15) is 0 Å². The van der Waals surface area contributed by atoms with Gasteiger partial charge in [0.25, 0.3) is 10.0 Å². The minimum atomic E-state index is -3.77. The fourth-order valence-electron chi connectivity index (χ4n) is 1.84. The molecular formula is C13H13N3O4S. The number of ether oxygens (including phenoxy) is 2. The largest absolute Gasteiger partial charge is 0.490 e. The SMILES string of the molecule is O=S(=O)(Nc1ncccn1)c1ccc2c(c1)OCCCO2. The number of fused-ring (bicyclic) bond motifs is 1. The summed E-state index contributed by atoms with van der Waals surface area (Å²) in [5.74, 6) is 0.983. The predicted octanol–water partition coefficient (Wildman–Crippen LogP) is 1.44. The highest BCUT2D eigenvalue weighted by molar-refractivity contribution is 7.92. The maximum absolute atomic E-state index is 12.3. The van der Waals surface area contributed by atoms with Gasteiger partial charge in [0.2, 0.25) is 5.95 Å². The van der Waals surface area contributed by atoms with Crippen molar-refractivity contribution >= 4 is 16.0 Å². The van der Waals surface area contributed by atoms with E-state index in [4.69, 9.17) is 9.47 Å². The molecule has 1 aliphatic rings. The number of sulfonamides is 1. The molecule has 1 aromatic carbocycles. The van der Waals surface area contributed by atoms with Crippen LogP contribution in [-0.2, 0) is 10.0 Å². The number of aromatic nitrogens is 2. The maximum atomic E-state index is 12.3. The average molecular weight is 307 g/mol. The number of anilines is 1. The third-order valence-electron chi connectivity index (χ3n) is 2.82. The summed E-state index contributed by atoms with van der Waals surface area (Å²) in [5.41, 5.74) is 0. The molecule has 110 valence electrons. The number of benzene rings is 1. The smallest absolute Gasteiger partial charge is 0.264 e. The highest BCUT2D eigenvalue weighted by Crippen LogP contribution is 2.32. The molecule has 0 saturated heterocycles. The summed E-state index contributed by atoms with van der Waals surface area (Å²) >= 11 is 0. The lowest BCUT2D eigenvalue weighted by atomic mass is 10.3. The van der Waals surface area contributed by atoms with Gasteiger partial charge in [-0.1, -0.05) is 0 Å². The molecule has 3 rings (SSSR count). The van der Waals surface area contributed by atoms with E-state index in [2.05, 4.69) is 14.7 Å². The summed E-state index contributed by atoms with van der Waals surface area (Å²) in [6.07, 6.45) is 3.67. The number of hydrogen-bond donors (Lipinski definition) is 1. The summed E-state index contributed by atoms with van der Waals surface area (Å²) in [5, 5.41) is 0. The van der Waals surface area contributed by atoms with Crippen LogP contribution >= 0.6 is 0 Å². The molecule has 21 heavy (non-hydrogen) atoms. The molecule has 0 fully saturated rings. The second-order valence-electron chi connectivity index (χ2n) is 4.34. The molecule has 1 aromatic heterocycles. The molecule has 2 heterocycles. The third kappa shape index (κ3) is 3.05. The Balaban J connectivity index is 1.90. The van der Waals surface area contributed by atoms with E-state index < -0.39 is 10.0 Å². The molecular weight excluding hydrogens is 294 g/mol. The van der Waals surface area contributed by atoms with Crippen LogP contribution in [0.15, 0.2) is 41.6 Å². The van der Waals surface area contributed by atoms with E-state index in [0.29, 0.717) is 24.7 Å². The summed E-state index contributed by atoms with van der Waals surface area (Å²) in [6, 6.07) is 6.08. The zero-order valence-corrected chi connectivity index (χ0v) is 11.8. The van der Waals surface area contributed by atoms with E-state index in [1.165, 1.54) is 24.5 Å². The molecule has 8 heteroatoms. The number of hydrogen-bond acceptors (Lipinski definition) is 6. The number of rotatable bonds is 3. The fourth-order valence-corrected chi connectivity index (χ4v) is 2.81. The Hall–Kier alpha value is -2.35. The van der Waals surface area contributed by atoms with Crippen LogP contribution in [-0.4, -0.2) is 31.6 Å². The van der Waals surface area contributed by atoms with Crippen LogP contribution in [0.2, 0.25) is 0 Å². The van der Waals surface area contributed by atoms with Crippen molar-refractivity contribution in [3.05, 3.63) is 36.7 Å². The Bertz CT molecular complexity index is 734.